The van der Waals surface area contributed by atoms with Crippen molar-refractivity contribution in [1.82, 2.24) is 0 Å². The minimum atomic E-state index is -0.102. The van der Waals surface area contributed by atoms with E-state index in [1.165, 1.54) is 16.2 Å². The summed E-state index contributed by atoms with van der Waals surface area (Å²) in [5, 5.41) is 2.25. The Bertz CT molecular complexity index is 577. The molecule has 0 aliphatic heterocycles. The zero-order chi connectivity index (χ0) is 13.1. The van der Waals surface area contributed by atoms with E-state index >= 15 is 0 Å². The van der Waals surface area contributed by atoms with Crippen molar-refractivity contribution < 1.29 is 9.59 Å². The van der Waals surface area contributed by atoms with Crippen LogP contribution in [-0.2, 0) is 4.79 Å². The molecular formula is C13H10ClNO2S. The highest BCUT2D eigenvalue weighted by molar-refractivity contribution is 7.13. The van der Waals surface area contributed by atoms with Crippen LogP contribution < -0.4 is 4.90 Å². The van der Waals surface area contributed by atoms with Crippen LogP contribution in [0.25, 0.3) is 0 Å². The summed E-state index contributed by atoms with van der Waals surface area (Å²) in [7, 11) is 1.65. The molecule has 1 amide bonds. The molecule has 2 rings (SSSR count). The standard InChI is InChI=1S/C13H10ClNO2S/c1-15(8-16)10-4-2-9(3-5-10)12(17)13-11(14)6-7-18-13/h2-8H,1H3. The molecule has 3 nitrogen and oxygen atoms in total. The first kappa shape index (κ1) is 12.8. The molecule has 0 spiro atoms. The number of carbonyl (C=O) groups excluding carboxylic acids is 2. The van der Waals surface area contributed by atoms with Gasteiger partial charge in [-0.3, -0.25) is 9.59 Å². The maximum Gasteiger partial charge on any atom is 0.213 e. The number of halogens is 1. The number of thiophene rings is 1. The second kappa shape index (κ2) is 5.33. The van der Waals surface area contributed by atoms with E-state index < -0.39 is 0 Å². The minimum Gasteiger partial charge on any atom is -0.318 e. The van der Waals surface area contributed by atoms with Crippen LogP contribution in [0.1, 0.15) is 15.2 Å². The number of benzene rings is 1. The zero-order valence-corrected chi connectivity index (χ0v) is 11.2. The van der Waals surface area contributed by atoms with Gasteiger partial charge in [-0.1, -0.05) is 11.6 Å². The van der Waals surface area contributed by atoms with Gasteiger partial charge in [-0.15, -0.1) is 11.3 Å². The molecule has 0 saturated heterocycles. The van der Waals surface area contributed by atoms with Crippen molar-refractivity contribution in [2.45, 2.75) is 0 Å². The van der Waals surface area contributed by atoms with Crippen LogP contribution in [-0.4, -0.2) is 19.2 Å². The van der Waals surface area contributed by atoms with Gasteiger partial charge in [0.15, 0.2) is 0 Å². The molecule has 0 aliphatic rings. The first-order valence-corrected chi connectivity index (χ1v) is 6.45. The third-order valence-corrected chi connectivity index (χ3v) is 3.86. The predicted octanol–water partition coefficient (Wildman–Crippen LogP) is 3.23. The van der Waals surface area contributed by atoms with Gasteiger partial charge in [0.1, 0.15) is 0 Å². The summed E-state index contributed by atoms with van der Waals surface area (Å²) in [5.74, 6) is -0.102. The smallest absolute Gasteiger partial charge is 0.213 e. The Hall–Kier alpha value is -1.65. The second-order valence-electron chi connectivity index (χ2n) is 3.69. The number of ketones is 1. The SMILES string of the molecule is CN(C=O)c1ccc(C(=O)c2sccc2Cl)cc1. The summed E-state index contributed by atoms with van der Waals surface area (Å²) in [6.07, 6.45) is 0.715. The fourth-order valence-corrected chi connectivity index (χ4v) is 2.60. The lowest BCUT2D eigenvalue weighted by molar-refractivity contribution is -0.107. The molecule has 0 atom stereocenters. The summed E-state index contributed by atoms with van der Waals surface area (Å²) in [5.41, 5.74) is 1.29. The number of carbonyl (C=O) groups is 2. The van der Waals surface area contributed by atoms with Gasteiger partial charge in [0.25, 0.3) is 0 Å². The topological polar surface area (TPSA) is 37.4 Å². The van der Waals surface area contributed by atoms with Crippen molar-refractivity contribution in [3.05, 3.63) is 51.2 Å². The van der Waals surface area contributed by atoms with E-state index in [2.05, 4.69) is 0 Å². The molecule has 18 heavy (non-hydrogen) atoms. The molecule has 0 N–H and O–H groups in total. The van der Waals surface area contributed by atoms with Gasteiger partial charge in [0.2, 0.25) is 12.2 Å². The van der Waals surface area contributed by atoms with E-state index in [0.717, 1.165) is 5.69 Å². The van der Waals surface area contributed by atoms with Crippen molar-refractivity contribution in [1.29, 1.82) is 0 Å². The van der Waals surface area contributed by atoms with Crippen LogP contribution >= 0.6 is 22.9 Å². The zero-order valence-electron chi connectivity index (χ0n) is 9.59. The maximum absolute atomic E-state index is 12.1. The summed E-state index contributed by atoms with van der Waals surface area (Å²) in [6, 6.07) is 8.53. The Balaban J connectivity index is 2.28. The highest BCUT2D eigenvalue weighted by Gasteiger charge is 2.14. The molecule has 0 fully saturated rings. The van der Waals surface area contributed by atoms with Gasteiger partial charge in [0.05, 0.1) is 9.90 Å². The van der Waals surface area contributed by atoms with Crippen LogP contribution in [0.4, 0.5) is 5.69 Å². The average Bonchev–Trinajstić information content (AvgIpc) is 2.83. The van der Waals surface area contributed by atoms with Crippen molar-refractivity contribution in [2.75, 3.05) is 11.9 Å². The van der Waals surface area contributed by atoms with E-state index in [1.807, 2.05) is 0 Å². The molecule has 0 aliphatic carbocycles. The number of rotatable bonds is 4. The Morgan fingerprint density at radius 3 is 2.44 bits per heavy atom. The van der Waals surface area contributed by atoms with Crippen molar-refractivity contribution >= 4 is 40.8 Å². The molecule has 1 aromatic carbocycles. The predicted molar refractivity (Wildman–Crippen MR) is 73.7 cm³/mol. The summed E-state index contributed by atoms with van der Waals surface area (Å²) in [4.78, 5) is 24.7. The average molecular weight is 280 g/mol. The van der Waals surface area contributed by atoms with E-state index in [-0.39, 0.29) is 5.78 Å². The van der Waals surface area contributed by atoms with Crippen LogP contribution in [0.3, 0.4) is 0 Å². The number of hydrogen-bond donors (Lipinski definition) is 0. The molecule has 5 heteroatoms. The van der Waals surface area contributed by atoms with Gasteiger partial charge >= 0.3 is 0 Å². The quantitative estimate of drug-likeness (QED) is 0.636. The van der Waals surface area contributed by atoms with Gasteiger partial charge in [0, 0.05) is 18.3 Å². The van der Waals surface area contributed by atoms with E-state index in [4.69, 9.17) is 11.6 Å². The van der Waals surface area contributed by atoms with Crippen LogP contribution in [0, 0.1) is 0 Å². The van der Waals surface area contributed by atoms with Crippen LogP contribution in [0.2, 0.25) is 5.02 Å². The van der Waals surface area contributed by atoms with Gasteiger partial charge in [-0.05, 0) is 35.7 Å². The van der Waals surface area contributed by atoms with Gasteiger partial charge < -0.3 is 4.90 Å². The molecule has 1 aromatic heterocycles. The molecule has 0 unspecified atom stereocenters. The van der Waals surface area contributed by atoms with E-state index in [9.17, 15) is 9.59 Å². The van der Waals surface area contributed by atoms with Crippen LogP contribution in [0.5, 0.6) is 0 Å². The Kier molecular flexibility index (Phi) is 3.79. The van der Waals surface area contributed by atoms with Crippen molar-refractivity contribution in [3.8, 4) is 0 Å². The van der Waals surface area contributed by atoms with Crippen molar-refractivity contribution in [3.63, 3.8) is 0 Å². The molecule has 0 saturated carbocycles. The fraction of sp³-hybridized carbons (Fsp3) is 0.0769. The Morgan fingerprint density at radius 2 is 1.94 bits per heavy atom. The normalized spacial score (nSPS) is 10.1. The van der Waals surface area contributed by atoms with Gasteiger partial charge in [-0.2, -0.15) is 0 Å². The highest BCUT2D eigenvalue weighted by atomic mass is 35.5. The molecule has 0 bridgehead atoms. The lowest BCUT2D eigenvalue weighted by atomic mass is 10.1. The molecular weight excluding hydrogens is 270 g/mol. The first-order chi connectivity index (χ1) is 8.63. The van der Waals surface area contributed by atoms with Crippen molar-refractivity contribution in [2.24, 2.45) is 0 Å². The summed E-state index contributed by atoms with van der Waals surface area (Å²) in [6.45, 7) is 0. The number of hydrogen-bond acceptors (Lipinski definition) is 3. The molecule has 0 radical (unpaired) electrons. The number of anilines is 1. The third-order valence-electron chi connectivity index (χ3n) is 2.52. The fourth-order valence-electron chi connectivity index (χ4n) is 1.50. The molecule has 92 valence electrons. The maximum atomic E-state index is 12.1. The van der Waals surface area contributed by atoms with E-state index in [0.29, 0.717) is 21.9 Å². The third kappa shape index (κ3) is 2.44. The monoisotopic (exact) mass is 279 g/mol. The van der Waals surface area contributed by atoms with Gasteiger partial charge in [-0.25, -0.2) is 0 Å². The number of nitrogens with zero attached hydrogens (tertiary/aromatic N) is 1. The minimum absolute atomic E-state index is 0.102. The highest BCUT2D eigenvalue weighted by Crippen LogP contribution is 2.25. The molecule has 1 heterocycles. The molecule has 2 aromatic rings. The lowest BCUT2D eigenvalue weighted by Gasteiger charge is -2.10. The Labute approximate surface area is 114 Å². The second-order valence-corrected chi connectivity index (χ2v) is 5.01. The number of amides is 1. The Morgan fingerprint density at radius 1 is 1.28 bits per heavy atom. The summed E-state index contributed by atoms with van der Waals surface area (Å²) >= 11 is 7.24. The van der Waals surface area contributed by atoms with E-state index in [1.54, 1.807) is 42.8 Å². The largest absolute Gasteiger partial charge is 0.318 e. The lowest BCUT2D eigenvalue weighted by Crippen LogP contribution is -2.13. The van der Waals surface area contributed by atoms with Crippen LogP contribution in [0.15, 0.2) is 35.7 Å². The first-order valence-electron chi connectivity index (χ1n) is 5.19. The summed E-state index contributed by atoms with van der Waals surface area (Å²) < 4.78 is 0.